The molecule has 3 heterocycles. The van der Waals surface area contributed by atoms with Crippen molar-refractivity contribution in [3.05, 3.63) is 107 Å². The Hall–Kier alpha value is -3.64. The number of phenolic OH excluding ortho intramolecular Hbond substituents is 1. The molecule has 1 aliphatic rings. The summed E-state index contributed by atoms with van der Waals surface area (Å²) in [5.74, 6) is 0.196. The average Bonchev–Trinajstić information content (AvgIpc) is 3.29. The van der Waals surface area contributed by atoms with Gasteiger partial charge in [0.25, 0.3) is 0 Å². The fraction of sp³-hybridized carbons (Fsp3) is 0.214. The molecule has 2 atom stereocenters. The minimum Gasteiger partial charge on any atom is -0.506 e. The number of rotatable bonds is 4. The highest BCUT2D eigenvalue weighted by atomic mass is 32.1. The highest BCUT2D eigenvalue weighted by Gasteiger charge is 2.43. The molecule has 0 aliphatic carbocycles. The summed E-state index contributed by atoms with van der Waals surface area (Å²) in [5.41, 5.74) is 8.62. The van der Waals surface area contributed by atoms with Crippen molar-refractivity contribution in [2.24, 2.45) is 0 Å². The second-order valence-electron chi connectivity index (χ2n) is 8.99. The number of aryl methyl sites for hydroxylation is 3. The van der Waals surface area contributed by atoms with Crippen molar-refractivity contribution in [2.75, 3.05) is 4.90 Å². The number of hydrogen-bond donors (Lipinski definition) is 2. The van der Waals surface area contributed by atoms with Crippen molar-refractivity contribution in [3.63, 3.8) is 0 Å². The highest BCUT2D eigenvalue weighted by molar-refractivity contribution is 7.80. The summed E-state index contributed by atoms with van der Waals surface area (Å²) in [4.78, 5) is 6.67. The zero-order valence-corrected chi connectivity index (χ0v) is 20.6. The maximum absolute atomic E-state index is 10.7. The van der Waals surface area contributed by atoms with Crippen LogP contribution >= 0.6 is 12.2 Å². The van der Waals surface area contributed by atoms with Gasteiger partial charge >= 0.3 is 0 Å². The molecular weight excluding hydrogens is 440 g/mol. The molecule has 0 saturated carbocycles. The Morgan fingerprint density at radius 2 is 1.62 bits per heavy atom. The van der Waals surface area contributed by atoms with E-state index in [0.29, 0.717) is 10.8 Å². The van der Waals surface area contributed by atoms with Gasteiger partial charge in [0, 0.05) is 23.3 Å². The van der Waals surface area contributed by atoms with Gasteiger partial charge in [0.2, 0.25) is 0 Å². The van der Waals surface area contributed by atoms with Gasteiger partial charge in [0.05, 0.1) is 23.5 Å². The molecule has 2 N–H and O–H groups in total. The van der Waals surface area contributed by atoms with Crippen molar-refractivity contribution in [1.29, 1.82) is 0 Å². The third kappa shape index (κ3) is 3.74. The summed E-state index contributed by atoms with van der Waals surface area (Å²) in [6.45, 7) is 8.54. The number of thiocarbonyl (C=S) groups is 1. The molecule has 0 amide bonds. The normalized spacial score (nSPS) is 17.8. The first kappa shape index (κ1) is 22.2. The number of phenols is 1. The lowest BCUT2D eigenvalue weighted by molar-refractivity contribution is 0.472. The van der Waals surface area contributed by atoms with Crippen LogP contribution in [0.25, 0.3) is 5.69 Å². The Balaban J connectivity index is 1.71. The van der Waals surface area contributed by atoms with Gasteiger partial charge in [-0.1, -0.05) is 24.3 Å². The van der Waals surface area contributed by atoms with Gasteiger partial charge in [-0.15, -0.1) is 0 Å². The number of pyridine rings is 1. The molecule has 1 fully saturated rings. The average molecular weight is 469 g/mol. The van der Waals surface area contributed by atoms with Crippen molar-refractivity contribution < 1.29 is 5.11 Å². The topological polar surface area (TPSA) is 53.3 Å². The number of nitrogens with one attached hydrogen (secondary N) is 1. The Labute approximate surface area is 205 Å². The van der Waals surface area contributed by atoms with Crippen LogP contribution in [0.2, 0.25) is 0 Å². The van der Waals surface area contributed by atoms with Gasteiger partial charge in [-0.25, -0.2) is 0 Å². The summed E-state index contributed by atoms with van der Waals surface area (Å²) in [6, 6.07) is 21.8. The first-order valence-electron chi connectivity index (χ1n) is 11.4. The van der Waals surface area contributed by atoms with Crippen molar-refractivity contribution in [2.45, 2.75) is 39.8 Å². The molecule has 1 saturated heterocycles. The molecule has 34 heavy (non-hydrogen) atoms. The highest BCUT2D eigenvalue weighted by Crippen LogP contribution is 2.45. The molecule has 0 radical (unpaired) electrons. The van der Waals surface area contributed by atoms with E-state index in [1.807, 2.05) is 41.3 Å². The fourth-order valence-electron chi connectivity index (χ4n) is 5.16. The Morgan fingerprint density at radius 1 is 0.912 bits per heavy atom. The first-order chi connectivity index (χ1) is 16.3. The van der Waals surface area contributed by atoms with Gasteiger partial charge in [-0.2, -0.15) is 0 Å². The number of para-hydroxylation sites is 2. The van der Waals surface area contributed by atoms with E-state index in [9.17, 15) is 5.11 Å². The zero-order chi connectivity index (χ0) is 24.0. The molecule has 6 heteroatoms. The number of benzene rings is 2. The summed E-state index contributed by atoms with van der Waals surface area (Å²) in [7, 11) is 0. The lowest BCUT2D eigenvalue weighted by Gasteiger charge is -2.28. The smallest absolute Gasteiger partial charge is 0.174 e. The SMILES string of the molecule is Cc1cc(C)cc(-n2c(C)cc([C@@H]3[C@H](c4ccccn4)NC(=S)N3c3ccccc3O)c2C)c1. The second kappa shape index (κ2) is 8.61. The third-order valence-corrected chi connectivity index (χ3v) is 6.81. The van der Waals surface area contributed by atoms with Crippen LogP contribution in [-0.4, -0.2) is 19.8 Å². The van der Waals surface area contributed by atoms with Gasteiger partial charge in [-0.3, -0.25) is 4.98 Å². The van der Waals surface area contributed by atoms with Crippen molar-refractivity contribution in [3.8, 4) is 11.4 Å². The molecule has 0 spiro atoms. The van der Waals surface area contributed by atoms with E-state index in [2.05, 4.69) is 66.8 Å². The molecule has 0 unspecified atom stereocenters. The number of aromatic nitrogens is 2. The number of aromatic hydroxyl groups is 1. The van der Waals surface area contributed by atoms with E-state index >= 15 is 0 Å². The Kier molecular flexibility index (Phi) is 5.62. The number of hydrogen-bond acceptors (Lipinski definition) is 3. The summed E-state index contributed by atoms with van der Waals surface area (Å²) in [6.07, 6.45) is 1.80. The maximum Gasteiger partial charge on any atom is 0.174 e. The van der Waals surface area contributed by atoms with Crippen LogP contribution in [0.15, 0.2) is 72.9 Å². The second-order valence-corrected chi connectivity index (χ2v) is 9.38. The van der Waals surface area contributed by atoms with Gasteiger partial charge in [-0.05, 0) is 99.1 Å². The van der Waals surface area contributed by atoms with E-state index < -0.39 is 0 Å². The van der Waals surface area contributed by atoms with Crippen LogP contribution in [0.5, 0.6) is 5.75 Å². The largest absolute Gasteiger partial charge is 0.506 e. The van der Waals surface area contributed by atoms with Crippen LogP contribution in [0, 0.1) is 27.7 Å². The minimum absolute atomic E-state index is 0.165. The summed E-state index contributed by atoms with van der Waals surface area (Å²) in [5, 5.41) is 14.8. The van der Waals surface area contributed by atoms with E-state index in [1.165, 1.54) is 11.1 Å². The molecule has 2 aromatic heterocycles. The molecule has 0 bridgehead atoms. The molecule has 4 aromatic rings. The predicted octanol–water partition coefficient (Wildman–Crippen LogP) is 5.99. The summed E-state index contributed by atoms with van der Waals surface area (Å²) >= 11 is 5.82. The number of nitrogens with zero attached hydrogens (tertiary/aromatic N) is 3. The van der Waals surface area contributed by atoms with Crippen molar-refractivity contribution >= 4 is 23.0 Å². The molecular formula is C28H28N4OS. The monoisotopic (exact) mass is 468 g/mol. The van der Waals surface area contributed by atoms with Crippen LogP contribution < -0.4 is 10.2 Å². The van der Waals surface area contributed by atoms with Gasteiger partial charge in [0.1, 0.15) is 5.75 Å². The minimum atomic E-state index is -0.179. The van der Waals surface area contributed by atoms with E-state index in [0.717, 1.165) is 28.3 Å². The van der Waals surface area contributed by atoms with E-state index in [1.54, 1.807) is 12.3 Å². The number of anilines is 1. The first-order valence-corrected chi connectivity index (χ1v) is 11.8. The van der Waals surface area contributed by atoms with Gasteiger partial charge < -0.3 is 19.9 Å². The Morgan fingerprint density at radius 3 is 2.29 bits per heavy atom. The predicted molar refractivity (Wildman–Crippen MR) is 141 cm³/mol. The summed E-state index contributed by atoms with van der Waals surface area (Å²) < 4.78 is 2.30. The Bertz CT molecular complexity index is 1360. The molecule has 2 aromatic carbocycles. The quantitative estimate of drug-likeness (QED) is 0.361. The fourth-order valence-corrected chi connectivity index (χ4v) is 5.50. The van der Waals surface area contributed by atoms with Crippen LogP contribution in [0.3, 0.4) is 0 Å². The van der Waals surface area contributed by atoms with Crippen LogP contribution in [0.4, 0.5) is 5.69 Å². The third-order valence-electron chi connectivity index (χ3n) is 6.49. The van der Waals surface area contributed by atoms with Crippen LogP contribution in [-0.2, 0) is 0 Å². The maximum atomic E-state index is 10.7. The lowest BCUT2D eigenvalue weighted by atomic mass is 9.96. The molecule has 172 valence electrons. The van der Waals surface area contributed by atoms with Crippen molar-refractivity contribution in [1.82, 2.24) is 14.9 Å². The van der Waals surface area contributed by atoms with Crippen LogP contribution in [0.1, 0.15) is 45.9 Å². The van der Waals surface area contributed by atoms with Gasteiger partial charge in [0.15, 0.2) is 5.11 Å². The molecule has 1 aliphatic heterocycles. The zero-order valence-electron chi connectivity index (χ0n) is 19.8. The van der Waals surface area contributed by atoms with E-state index in [-0.39, 0.29) is 17.8 Å². The standard InChI is InChI=1S/C28H28N4OS/c1-17-13-18(2)15-21(14-17)31-19(3)16-22(20(31)4)27-26(23-9-7-8-12-29-23)30-28(34)32(27)24-10-5-6-11-25(24)33/h5-16,26-27,33H,1-4H3,(H,30,34)/t26-,27+/m0/s1. The molecule has 5 nitrogen and oxygen atoms in total. The molecule has 5 rings (SSSR count). The lowest BCUT2D eigenvalue weighted by Crippen LogP contribution is -2.29. The van der Waals surface area contributed by atoms with E-state index in [4.69, 9.17) is 12.2 Å².